The lowest BCUT2D eigenvalue weighted by Crippen LogP contribution is -2.13. The Hall–Kier alpha value is -2.63. The van der Waals surface area contributed by atoms with Gasteiger partial charge in [0.05, 0.1) is 0 Å². The predicted octanol–water partition coefficient (Wildman–Crippen LogP) is 3.55. The molecule has 0 saturated carbocycles. The summed E-state index contributed by atoms with van der Waals surface area (Å²) in [6.07, 6.45) is 0. The van der Waals surface area contributed by atoms with E-state index in [9.17, 15) is 18.7 Å². The van der Waals surface area contributed by atoms with E-state index in [1.165, 1.54) is 30.3 Å². The summed E-state index contributed by atoms with van der Waals surface area (Å²) in [5.41, 5.74) is 1.14. The molecule has 0 aliphatic carbocycles. The Morgan fingerprint density at radius 3 is 2.67 bits per heavy atom. The van der Waals surface area contributed by atoms with Crippen molar-refractivity contribution >= 4 is 11.6 Å². The van der Waals surface area contributed by atoms with E-state index in [-0.39, 0.29) is 17.1 Å². The van der Waals surface area contributed by atoms with Crippen LogP contribution in [-0.4, -0.2) is 17.6 Å². The standard InChI is InChI=1S/C15H13F2NO3/c1-9-12(6-3-7-13(9)19)18-14(20)10-4-2-5-11(8-10)21-15(16)17/h2-8,15,19H,1H3,(H,18,20). The summed E-state index contributed by atoms with van der Waals surface area (Å²) in [4.78, 5) is 12.1. The summed E-state index contributed by atoms with van der Waals surface area (Å²) >= 11 is 0. The number of rotatable bonds is 4. The van der Waals surface area contributed by atoms with Crippen LogP contribution in [0.25, 0.3) is 0 Å². The number of alkyl halides is 2. The second-order valence-electron chi connectivity index (χ2n) is 4.31. The monoisotopic (exact) mass is 293 g/mol. The van der Waals surface area contributed by atoms with Gasteiger partial charge in [0.25, 0.3) is 5.91 Å². The molecule has 6 heteroatoms. The Morgan fingerprint density at radius 1 is 1.24 bits per heavy atom. The van der Waals surface area contributed by atoms with Gasteiger partial charge in [0.15, 0.2) is 0 Å². The molecule has 0 atom stereocenters. The van der Waals surface area contributed by atoms with Gasteiger partial charge in [0.1, 0.15) is 11.5 Å². The fourth-order valence-corrected chi connectivity index (χ4v) is 1.77. The van der Waals surface area contributed by atoms with Gasteiger partial charge in [-0.2, -0.15) is 8.78 Å². The van der Waals surface area contributed by atoms with Crippen molar-refractivity contribution in [3.63, 3.8) is 0 Å². The summed E-state index contributed by atoms with van der Waals surface area (Å²) in [6, 6.07) is 10.2. The quantitative estimate of drug-likeness (QED) is 0.906. The minimum Gasteiger partial charge on any atom is -0.508 e. The first-order valence-corrected chi connectivity index (χ1v) is 6.12. The first-order chi connectivity index (χ1) is 9.97. The van der Waals surface area contributed by atoms with E-state index in [0.717, 1.165) is 0 Å². The molecule has 2 rings (SSSR count). The van der Waals surface area contributed by atoms with Gasteiger partial charge < -0.3 is 15.2 Å². The highest BCUT2D eigenvalue weighted by atomic mass is 19.3. The predicted molar refractivity (Wildman–Crippen MR) is 73.9 cm³/mol. The van der Waals surface area contributed by atoms with Gasteiger partial charge >= 0.3 is 6.61 Å². The Kier molecular flexibility index (Phi) is 4.37. The van der Waals surface area contributed by atoms with Gasteiger partial charge in [-0.05, 0) is 37.3 Å². The maximum Gasteiger partial charge on any atom is 0.387 e. The molecule has 2 N–H and O–H groups in total. The van der Waals surface area contributed by atoms with Crippen LogP contribution in [0.2, 0.25) is 0 Å². The molecule has 110 valence electrons. The summed E-state index contributed by atoms with van der Waals surface area (Å²) in [6.45, 7) is -1.29. The van der Waals surface area contributed by atoms with Crippen LogP contribution in [0.15, 0.2) is 42.5 Å². The van der Waals surface area contributed by atoms with Crippen molar-refractivity contribution in [1.82, 2.24) is 0 Å². The molecule has 0 unspecified atom stereocenters. The molecule has 0 spiro atoms. The molecular formula is C15H13F2NO3. The maximum atomic E-state index is 12.1. The summed E-state index contributed by atoms with van der Waals surface area (Å²) in [5.74, 6) is -0.517. The van der Waals surface area contributed by atoms with Gasteiger partial charge in [0.2, 0.25) is 0 Å². The molecule has 0 saturated heterocycles. The zero-order chi connectivity index (χ0) is 15.4. The number of carbonyl (C=O) groups excluding carboxylic acids is 1. The van der Waals surface area contributed by atoms with Crippen molar-refractivity contribution in [2.24, 2.45) is 0 Å². The average molecular weight is 293 g/mol. The molecule has 0 bridgehead atoms. The van der Waals surface area contributed by atoms with E-state index < -0.39 is 12.5 Å². The van der Waals surface area contributed by atoms with Crippen molar-refractivity contribution in [3.05, 3.63) is 53.6 Å². The Labute approximate surface area is 120 Å². The minimum absolute atomic E-state index is 0.0579. The largest absolute Gasteiger partial charge is 0.508 e. The van der Waals surface area contributed by atoms with E-state index in [0.29, 0.717) is 11.3 Å². The lowest BCUT2D eigenvalue weighted by Gasteiger charge is -2.10. The number of hydrogen-bond donors (Lipinski definition) is 2. The highest BCUT2D eigenvalue weighted by Crippen LogP contribution is 2.24. The first kappa shape index (κ1) is 14.8. The van der Waals surface area contributed by atoms with Crippen molar-refractivity contribution in [1.29, 1.82) is 0 Å². The SMILES string of the molecule is Cc1c(O)cccc1NC(=O)c1cccc(OC(F)F)c1. The minimum atomic E-state index is -2.95. The van der Waals surface area contributed by atoms with Crippen molar-refractivity contribution in [3.8, 4) is 11.5 Å². The van der Waals surface area contributed by atoms with E-state index >= 15 is 0 Å². The number of amides is 1. The molecule has 4 nitrogen and oxygen atoms in total. The van der Waals surface area contributed by atoms with Crippen LogP contribution < -0.4 is 10.1 Å². The van der Waals surface area contributed by atoms with Crippen LogP contribution in [0.5, 0.6) is 11.5 Å². The number of carbonyl (C=O) groups is 1. The number of anilines is 1. The number of phenolic OH excluding ortho intramolecular Hbond substituents is 1. The molecule has 0 aliphatic rings. The molecule has 0 aliphatic heterocycles. The van der Waals surface area contributed by atoms with Gasteiger partial charge in [-0.15, -0.1) is 0 Å². The molecular weight excluding hydrogens is 280 g/mol. The molecule has 21 heavy (non-hydrogen) atoms. The zero-order valence-electron chi connectivity index (χ0n) is 11.1. The van der Waals surface area contributed by atoms with Crippen LogP contribution in [0.1, 0.15) is 15.9 Å². The first-order valence-electron chi connectivity index (χ1n) is 6.12. The van der Waals surface area contributed by atoms with Crippen LogP contribution in [-0.2, 0) is 0 Å². The molecule has 0 aromatic heterocycles. The van der Waals surface area contributed by atoms with Crippen molar-refractivity contribution < 1.29 is 23.4 Å². The lowest BCUT2D eigenvalue weighted by molar-refractivity contribution is -0.0498. The Bertz CT molecular complexity index is 659. The maximum absolute atomic E-state index is 12.1. The Balaban J connectivity index is 2.18. The van der Waals surface area contributed by atoms with Gasteiger partial charge in [-0.25, -0.2) is 0 Å². The summed E-state index contributed by atoms with van der Waals surface area (Å²) in [7, 11) is 0. The average Bonchev–Trinajstić information content (AvgIpc) is 2.43. The summed E-state index contributed by atoms with van der Waals surface area (Å²) < 4.78 is 28.5. The number of nitrogens with one attached hydrogen (secondary N) is 1. The number of aromatic hydroxyl groups is 1. The van der Waals surface area contributed by atoms with Crippen LogP contribution in [0, 0.1) is 6.92 Å². The zero-order valence-corrected chi connectivity index (χ0v) is 11.1. The lowest BCUT2D eigenvalue weighted by atomic mass is 10.1. The van der Waals surface area contributed by atoms with Gasteiger partial charge in [0, 0.05) is 16.8 Å². The fourth-order valence-electron chi connectivity index (χ4n) is 1.77. The van der Waals surface area contributed by atoms with Gasteiger partial charge in [-0.3, -0.25) is 4.79 Å². The fraction of sp³-hybridized carbons (Fsp3) is 0.133. The number of phenols is 1. The number of halogens is 2. The molecule has 0 radical (unpaired) electrons. The number of benzene rings is 2. The van der Waals surface area contributed by atoms with Crippen LogP contribution in [0.4, 0.5) is 14.5 Å². The highest BCUT2D eigenvalue weighted by Gasteiger charge is 2.11. The smallest absolute Gasteiger partial charge is 0.387 e. The van der Waals surface area contributed by atoms with Crippen molar-refractivity contribution in [2.45, 2.75) is 13.5 Å². The summed E-state index contributed by atoms with van der Waals surface area (Å²) in [5, 5.41) is 12.2. The topological polar surface area (TPSA) is 58.6 Å². The molecule has 0 fully saturated rings. The van der Waals surface area contributed by atoms with E-state index in [4.69, 9.17) is 0 Å². The second-order valence-corrected chi connectivity index (χ2v) is 4.31. The van der Waals surface area contributed by atoms with E-state index in [1.54, 1.807) is 19.1 Å². The van der Waals surface area contributed by atoms with E-state index in [2.05, 4.69) is 10.1 Å². The molecule has 1 amide bonds. The van der Waals surface area contributed by atoms with Crippen LogP contribution >= 0.6 is 0 Å². The van der Waals surface area contributed by atoms with E-state index in [1.807, 2.05) is 0 Å². The van der Waals surface area contributed by atoms with Crippen molar-refractivity contribution in [2.75, 3.05) is 5.32 Å². The Morgan fingerprint density at radius 2 is 1.95 bits per heavy atom. The number of hydrogen-bond acceptors (Lipinski definition) is 3. The highest BCUT2D eigenvalue weighted by molar-refractivity contribution is 6.05. The third-order valence-electron chi connectivity index (χ3n) is 2.87. The normalized spacial score (nSPS) is 10.5. The molecule has 0 heterocycles. The molecule has 2 aromatic rings. The van der Waals surface area contributed by atoms with Gasteiger partial charge in [-0.1, -0.05) is 12.1 Å². The number of ether oxygens (including phenoxy) is 1. The second kappa shape index (κ2) is 6.21. The third kappa shape index (κ3) is 3.68. The molecule has 2 aromatic carbocycles. The third-order valence-corrected chi connectivity index (χ3v) is 2.87. The van der Waals surface area contributed by atoms with Crippen LogP contribution in [0.3, 0.4) is 0 Å².